The minimum atomic E-state index is -0.0772. The fourth-order valence-corrected chi connectivity index (χ4v) is 6.36. The molecule has 214 valence electrons. The van der Waals surface area contributed by atoms with Crippen LogP contribution in [-0.2, 0) is 14.3 Å². The van der Waals surface area contributed by atoms with E-state index in [2.05, 4.69) is 13.8 Å². The lowest BCUT2D eigenvalue weighted by Gasteiger charge is -2.05. The van der Waals surface area contributed by atoms with Crippen molar-refractivity contribution < 1.29 is 14.3 Å². The van der Waals surface area contributed by atoms with Gasteiger partial charge in [0.05, 0.1) is 13.0 Å². The van der Waals surface area contributed by atoms with Gasteiger partial charge in [-0.1, -0.05) is 157 Å². The Bertz CT molecular complexity index is 429. The van der Waals surface area contributed by atoms with E-state index in [0.717, 1.165) is 30.8 Å². The third kappa shape index (κ3) is 30.1. The first-order valence-corrected chi connectivity index (χ1v) is 18.1. The molecule has 5 heteroatoms. The van der Waals surface area contributed by atoms with Crippen LogP contribution in [-0.4, -0.2) is 29.9 Å². The third-order valence-electron chi connectivity index (χ3n) is 6.76. The summed E-state index contributed by atoms with van der Waals surface area (Å²) < 4.78 is 5.35. The summed E-state index contributed by atoms with van der Waals surface area (Å²) >= 11 is 0. The largest absolute Gasteiger partial charge is 0.466 e. The van der Waals surface area contributed by atoms with Crippen molar-refractivity contribution in [1.82, 2.24) is 0 Å². The molecule has 0 saturated carbocycles. The molecule has 0 saturated heterocycles. The van der Waals surface area contributed by atoms with E-state index >= 15 is 0 Å². The molecule has 36 heavy (non-hydrogen) atoms. The van der Waals surface area contributed by atoms with E-state index in [4.69, 9.17) is 4.74 Å². The van der Waals surface area contributed by atoms with Crippen LogP contribution in [0, 0.1) is 0 Å². The van der Waals surface area contributed by atoms with Crippen molar-refractivity contribution >= 4 is 33.3 Å². The molecule has 0 aromatic rings. The first-order valence-electron chi connectivity index (χ1n) is 15.6. The van der Waals surface area contributed by atoms with Crippen molar-refractivity contribution in [3.8, 4) is 0 Å². The smallest absolute Gasteiger partial charge is 0.306 e. The maximum absolute atomic E-state index is 12.0. The molecule has 0 aromatic carbocycles. The second kappa shape index (κ2) is 31.1. The van der Waals surface area contributed by atoms with E-state index in [1.165, 1.54) is 122 Å². The van der Waals surface area contributed by atoms with Crippen LogP contribution in [0.3, 0.4) is 0 Å². The fraction of sp³-hybridized carbons (Fsp3) is 0.935. The number of rotatable bonds is 30. The van der Waals surface area contributed by atoms with Crippen LogP contribution in [0.4, 0.5) is 0 Å². The van der Waals surface area contributed by atoms with Gasteiger partial charge >= 0.3 is 5.97 Å². The predicted octanol–water partition coefficient (Wildman–Crippen LogP) is 10.9. The summed E-state index contributed by atoms with van der Waals surface area (Å²) in [6.45, 7) is 5.10. The number of esters is 1. The number of ether oxygens (including phenoxy) is 1. The highest BCUT2D eigenvalue weighted by Crippen LogP contribution is 2.23. The SMILES string of the molecule is CCCCCCCCCCCCCC(=O)CCSSCCC(=O)OCCCCCCCCCCCC. The summed E-state index contributed by atoms with van der Waals surface area (Å²) in [5.41, 5.74) is 0. The van der Waals surface area contributed by atoms with Gasteiger partial charge in [0, 0.05) is 24.3 Å². The van der Waals surface area contributed by atoms with Gasteiger partial charge in [-0.25, -0.2) is 0 Å². The zero-order valence-electron chi connectivity index (χ0n) is 24.1. The van der Waals surface area contributed by atoms with Crippen LogP contribution in [0.2, 0.25) is 0 Å². The van der Waals surface area contributed by atoms with Crippen LogP contribution < -0.4 is 0 Å². The Morgan fingerprint density at radius 1 is 0.472 bits per heavy atom. The first-order chi connectivity index (χ1) is 17.7. The van der Waals surface area contributed by atoms with Crippen molar-refractivity contribution in [2.24, 2.45) is 0 Å². The van der Waals surface area contributed by atoms with E-state index in [1.807, 2.05) is 0 Å². The summed E-state index contributed by atoms with van der Waals surface area (Å²) in [4.78, 5) is 23.9. The Balaban J connectivity index is 3.26. The Morgan fingerprint density at radius 3 is 1.33 bits per heavy atom. The summed E-state index contributed by atoms with van der Waals surface area (Å²) in [7, 11) is 3.41. The third-order valence-corrected chi connectivity index (χ3v) is 9.17. The molecule has 0 spiro atoms. The fourth-order valence-electron chi connectivity index (χ4n) is 4.36. The van der Waals surface area contributed by atoms with Gasteiger partial charge in [-0.05, 0) is 12.8 Å². The first kappa shape index (κ1) is 35.8. The van der Waals surface area contributed by atoms with Crippen LogP contribution >= 0.6 is 21.6 Å². The van der Waals surface area contributed by atoms with Gasteiger partial charge in [0.15, 0.2) is 0 Å². The molecule has 0 amide bonds. The Labute approximate surface area is 233 Å². The maximum atomic E-state index is 12.0. The van der Waals surface area contributed by atoms with Crippen molar-refractivity contribution in [3.05, 3.63) is 0 Å². The number of carbonyl (C=O) groups is 2. The maximum Gasteiger partial charge on any atom is 0.306 e. The number of unbranched alkanes of at least 4 members (excludes halogenated alkanes) is 19. The normalized spacial score (nSPS) is 11.2. The molecule has 0 aliphatic rings. The Hall–Kier alpha value is -0.160. The molecule has 0 aromatic heterocycles. The van der Waals surface area contributed by atoms with E-state index in [0.29, 0.717) is 25.2 Å². The van der Waals surface area contributed by atoms with E-state index in [-0.39, 0.29) is 5.97 Å². The van der Waals surface area contributed by atoms with Crippen LogP contribution in [0.15, 0.2) is 0 Å². The lowest BCUT2D eigenvalue weighted by Crippen LogP contribution is -2.06. The zero-order valence-corrected chi connectivity index (χ0v) is 25.8. The molecule has 0 fully saturated rings. The minimum Gasteiger partial charge on any atom is -0.466 e. The molecule has 0 N–H and O–H groups in total. The van der Waals surface area contributed by atoms with Gasteiger partial charge in [-0.15, -0.1) is 0 Å². The molecule has 0 aliphatic carbocycles. The van der Waals surface area contributed by atoms with Gasteiger partial charge in [0.25, 0.3) is 0 Å². The molecule has 0 bridgehead atoms. The molecule has 0 atom stereocenters. The average molecular weight is 545 g/mol. The highest BCUT2D eigenvalue weighted by atomic mass is 33.1. The number of hydrogen-bond acceptors (Lipinski definition) is 5. The highest BCUT2D eigenvalue weighted by Gasteiger charge is 2.05. The molecule has 3 nitrogen and oxygen atoms in total. The van der Waals surface area contributed by atoms with Gasteiger partial charge < -0.3 is 4.74 Å². The van der Waals surface area contributed by atoms with E-state index < -0.39 is 0 Å². The van der Waals surface area contributed by atoms with Gasteiger partial charge in [0.2, 0.25) is 0 Å². The lowest BCUT2D eigenvalue weighted by atomic mass is 10.0. The quantitative estimate of drug-likeness (QED) is 0.0511. The summed E-state index contributed by atoms with van der Waals surface area (Å²) in [6.07, 6.45) is 29.3. The molecule has 0 radical (unpaired) electrons. The molecule has 0 heterocycles. The zero-order chi connectivity index (χ0) is 26.4. The Morgan fingerprint density at radius 2 is 0.861 bits per heavy atom. The minimum absolute atomic E-state index is 0.0772. The summed E-state index contributed by atoms with van der Waals surface area (Å²) in [6, 6.07) is 0. The molecule has 0 rings (SSSR count). The number of ketones is 1. The Kier molecular flexibility index (Phi) is 30.9. The lowest BCUT2D eigenvalue weighted by molar-refractivity contribution is -0.143. The van der Waals surface area contributed by atoms with E-state index in [1.54, 1.807) is 21.6 Å². The highest BCUT2D eigenvalue weighted by molar-refractivity contribution is 8.76. The van der Waals surface area contributed by atoms with Gasteiger partial charge in [-0.3, -0.25) is 9.59 Å². The summed E-state index contributed by atoms with van der Waals surface area (Å²) in [5.74, 6) is 1.95. The van der Waals surface area contributed by atoms with Crippen LogP contribution in [0.5, 0.6) is 0 Å². The standard InChI is InChI=1S/C31H60O3S2/c1-3-5-7-9-11-13-15-16-18-20-22-24-30(32)25-28-35-36-29-26-31(33)34-27-23-21-19-17-14-12-10-8-6-4-2/h3-29H2,1-2H3. The summed E-state index contributed by atoms with van der Waals surface area (Å²) in [5, 5.41) is 0. The topological polar surface area (TPSA) is 43.4 Å². The molecule has 0 unspecified atom stereocenters. The van der Waals surface area contributed by atoms with Crippen molar-refractivity contribution in [3.63, 3.8) is 0 Å². The van der Waals surface area contributed by atoms with Crippen LogP contribution in [0.1, 0.15) is 168 Å². The van der Waals surface area contributed by atoms with Crippen LogP contribution in [0.25, 0.3) is 0 Å². The predicted molar refractivity (Wildman–Crippen MR) is 163 cm³/mol. The molecule has 0 aliphatic heterocycles. The number of Topliss-reactive ketones (excluding diaryl/α,β-unsaturated/α-hetero) is 1. The second-order valence-corrected chi connectivity index (χ2v) is 13.1. The van der Waals surface area contributed by atoms with Gasteiger partial charge in [-0.2, -0.15) is 0 Å². The van der Waals surface area contributed by atoms with Crippen molar-refractivity contribution in [2.45, 2.75) is 168 Å². The number of hydrogen-bond donors (Lipinski definition) is 0. The van der Waals surface area contributed by atoms with Crippen molar-refractivity contribution in [1.29, 1.82) is 0 Å². The van der Waals surface area contributed by atoms with Gasteiger partial charge in [0.1, 0.15) is 5.78 Å². The molecular formula is C31H60O3S2. The average Bonchev–Trinajstić information content (AvgIpc) is 2.87. The number of carbonyl (C=O) groups excluding carboxylic acids is 2. The molecular weight excluding hydrogens is 484 g/mol. The monoisotopic (exact) mass is 544 g/mol. The van der Waals surface area contributed by atoms with E-state index in [9.17, 15) is 9.59 Å². The van der Waals surface area contributed by atoms with Crippen molar-refractivity contribution in [2.75, 3.05) is 18.1 Å². The second-order valence-electron chi connectivity index (χ2n) is 10.4.